The largest absolute Gasteiger partial charge is 0.394 e. The third-order valence-electron chi connectivity index (χ3n) is 2.17. The Morgan fingerprint density at radius 2 is 2.06 bits per heavy atom. The fraction of sp³-hybridized carbons (Fsp3) is 0.308. The minimum Gasteiger partial charge on any atom is -0.394 e. The van der Waals surface area contributed by atoms with Crippen molar-refractivity contribution in [2.24, 2.45) is 0 Å². The van der Waals surface area contributed by atoms with E-state index in [2.05, 4.69) is 5.32 Å². The molecule has 1 amide bonds. The Balaban J connectivity index is 2.53. The topological polar surface area (TPSA) is 49.3 Å². The van der Waals surface area contributed by atoms with Crippen LogP contribution in [0.15, 0.2) is 30.3 Å². The summed E-state index contributed by atoms with van der Waals surface area (Å²) < 4.78 is 0. The third-order valence-corrected chi connectivity index (χ3v) is 2.17. The molecule has 0 aliphatic rings. The van der Waals surface area contributed by atoms with E-state index in [-0.39, 0.29) is 18.6 Å². The molecule has 0 aromatic heterocycles. The molecule has 0 spiro atoms. The highest BCUT2D eigenvalue weighted by Gasteiger charge is 2.01. The lowest BCUT2D eigenvalue weighted by Gasteiger charge is -2.07. The molecule has 3 nitrogen and oxygen atoms in total. The molecule has 1 rings (SSSR count). The average molecular weight is 219 g/mol. The third kappa shape index (κ3) is 4.28. The van der Waals surface area contributed by atoms with E-state index in [4.69, 9.17) is 5.11 Å². The summed E-state index contributed by atoms with van der Waals surface area (Å²) in [6, 6.07) is 7.68. The Bertz CT molecular complexity index is 368. The molecule has 0 unspecified atom stereocenters. The van der Waals surface area contributed by atoms with Gasteiger partial charge in [0.05, 0.1) is 6.61 Å². The second-order valence-electron chi connectivity index (χ2n) is 3.84. The summed E-state index contributed by atoms with van der Waals surface area (Å²) in [6.45, 7) is 3.71. The van der Waals surface area contributed by atoms with E-state index in [1.165, 1.54) is 11.6 Å². The molecule has 1 atom stereocenters. The predicted molar refractivity (Wildman–Crippen MR) is 64.9 cm³/mol. The molecule has 86 valence electrons. The van der Waals surface area contributed by atoms with Gasteiger partial charge in [-0.05, 0) is 25.5 Å². The average Bonchev–Trinajstić information content (AvgIpc) is 2.28. The quantitative estimate of drug-likeness (QED) is 0.754. The molecule has 0 bridgehead atoms. The first kappa shape index (κ1) is 12.5. The van der Waals surface area contributed by atoms with E-state index in [1.807, 2.05) is 31.2 Å². The van der Waals surface area contributed by atoms with E-state index >= 15 is 0 Å². The number of aliphatic hydroxyl groups excluding tert-OH is 1. The van der Waals surface area contributed by atoms with Gasteiger partial charge in [-0.2, -0.15) is 0 Å². The van der Waals surface area contributed by atoms with Crippen molar-refractivity contribution >= 4 is 12.0 Å². The number of carbonyl (C=O) groups is 1. The Morgan fingerprint density at radius 1 is 1.44 bits per heavy atom. The minimum atomic E-state index is -0.213. The highest BCUT2D eigenvalue weighted by molar-refractivity contribution is 5.91. The first-order valence-electron chi connectivity index (χ1n) is 5.28. The zero-order valence-corrected chi connectivity index (χ0v) is 9.60. The van der Waals surface area contributed by atoms with Crippen molar-refractivity contribution in [3.05, 3.63) is 41.5 Å². The number of aryl methyl sites for hydroxylation is 1. The van der Waals surface area contributed by atoms with Gasteiger partial charge >= 0.3 is 0 Å². The van der Waals surface area contributed by atoms with Crippen LogP contribution in [0.1, 0.15) is 18.1 Å². The molecule has 0 heterocycles. The van der Waals surface area contributed by atoms with Crippen molar-refractivity contribution in [1.29, 1.82) is 0 Å². The lowest BCUT2D eigenvalue weighted by Crippen LogP contribution is -2.33. The van der Waals surface area contributed by atoms with Crippen LogP contribution in [0.3, 0.4) is 0 Å². The number of carbonyl (C=O) groups excluding carboxylic acids is 1. The second kappa shape index (κ2) is 6.08. The molecule has 2 N–H and O–H groups in total. The van der Waals surface area contributed by atoms with Crippen LogP contribution in [0.4, 0.5) is 0 Å². The molecule has 0 fully saturated rings. The predicted octanol–water partition coefficient (Wildman–Crippen LogP) is 1.51. The maximum absolute atomic E-state index is 11.3. The summed E-state index contributed by atoms with van der Waals surface area (Å²) in [5, 5.41) is 11.4. The minimum absolute atomic E-state index is 0.0515. The number of rotatable bonds is 4. The normalized spacial score (nSPS) is 12.7. The highest BCUT2D eigenvalue weighted by atomic mass is 16.3. The van der Waals surface area contributed by atoms with Crippen molar-refractivity contribution in [2.45, 2.75) is 19.9 Å². The van der Waals surface area contributed by atoms with E-state index in [9.17, 15) is 4.79 Å². The molecule has 0 saturated carbocycles. The van der Waals surface area contributed by atoms with Crippen molar-refractivity contribution < 1.29 is 9.90 Å². The smallest absolute Gasteiger partial charge is 0.244 e. The Kier molecular flexibility index (Phi) is 4.73. The van der Waals surface area contributed by atoms with Gasteiger partial charge in [0.15, 0.2) is 0 Å². The van der Waals surface area contributed by atoms with Gasteiger partial charge in [0.1, 0.15) is 0 Å². The molecule has 1 aromatic carbocycles. The van der Waals surface area contributed by atoms with E-state index < -0.39 is 0 Å². The highest BCUT2D eigenvalue weighted by Crippen LogP contribution is 2.04. The van der Waals surface area contributed by atoms with Crippen LogP contribution >= 0.6 is 0 Å². The van der Waals surface area contributed by atoms with Crippen molar-refractivity contribution in [2.75, 3.05) is 6.61 Å². The second-order valence-corrected chi connectivity index (χ2v) is 3.84. The Morgan fingerprint density at radius 3 is 2.62 bits per heavy atom. The van der Waals surface area contributed by atoms with E-state index in [0.29, 0.717) is 0 Å². The van der Waals surface area contributed by atoms with Crippen LogP contribution in [-0.4, -0.2) is 23.7 Å². The molecular formula is C13H17NO2. The van der Waals surface area contributed by atoms with Crippen LogP contribution in [0, 0.1) is 6.92 Å². The fourth-order valence-electron chi connectivity index (χ4n) is 1.19. The van der Waals surface area contributed by atoms with Gasteiger partial charge in [0.25, 0.3) is 0 Å². The first-order valence-corrected chi connectivity index (χ1v) is 5.28. The summed E-state index contributed by atoms with van der Waals surface area (Å²) >= 11 is 0. The summed E-state index contributed by atoms with van der Waals surface area (Å²) in [6.07, 6.45) is 3.22. The fourth-order valence-corrected chi connectivity index (χ4v) is 1.19. The van der Waals surface area contributed by atoms with Gasteiger partial charge in [-0.15, -0.1) is 0 Å². The van der Waals surface area contributed by atoms with Gasteiger partial charge in [-0.25, -0.2) is 0 Å². The van der Waals surface area contributed by atoms with Crippen molar-refractivity contribution in [1.82, 2.24) is 5.32 Å². The van der Waals surface area contributed by atoms with Crippen molar-refractivity contribution in [3.63, 3.8) is 0 Å². The lowest BCUT2D eigenvalue weighted by molar-refractivity contribution is -0.117. The number of nitrogens with one attached hydrogen (secondary N) is 1. The molecule has 16 heavy (non-hydrogen) atoms. The summed E-state index contributed by atoms with van der Waals surface area (Å²) in [7, 11) is 0. The maximum Gasteiger partial charge on any atom is 0.244 e. The summed E-state index contributed by atoms with van der Waals surface area (Å²) in [5.74, 6) is -0.192. The summed E-state index contributed by atoms with van der Waals surface area (Å²) in [4.78, 5) is 11.3. The molecule has 0 aliphatic carbocycles. The number of benzene rings is 1. The Hall–Kier alpha value is -1.61. The Labute approximate surface area is 95.8 Å². The first-order chi connectivity index (χ1) is 7.61. The molecule has 1 aromatic rings. The molecule has 0 saturated heterocycles. The molecule has 0 aliphatic heterocycles. The lowest BCUT2D eigenvalue weighted by atomic mass is 10.1. The monoisotopic (exact) mass is 219 g/mol. The van der Waals surface area contributed by atoms with Crippen LogP contribution in [0.5, 0.6) is 0 Å². The van der Waals surface area contributed by atoms with Gasteiger partial charge in [-0.3, -0.25) is 4.79 Å². The van der Waals surface area contributed by atoms with Gasteiger partial charge in [0.2, 0.25) is 5.91 Å². The number of aliphatic hydroxyl groups is 1. The number of amides is 1. The standard InChI is InChI=1S/C13H17NO2/c1-10-3-5-12(6-4-10)7-8-13(16)14-11(2)9-15/h3-8,11,15H,9H2,1-2H3,(H,14,16)/t11-/m1/s1. The van der Waals surface area contributed by atoms with Crippen LogP contribution < -0.4 is 5.32 Å². The molecular weight excluding hydrogens is 202 g/mol. The summed E-state index contributed by atoms with van der Waals surface area (Å²) in [5.41, 5.74) is 2.17. The van der Waals surface area contributed by atoms with Gasteiger partial charge in [0, 0.05) is 12.1 Å². The molecule has 3 heteroatoms. The van der Waals surface area contributed by atoms with Crippen LogP contribution in [-0.2, 0) is 4.79 Å². The van der Waals surface area contributed by atoms with Gasteiger partial charge in [-0.1, -0.05) is 29.8 Å². The maximum atomic E-state index is 11.3. The zero-order chi connectivity index (χ0) is 12.0. The van der Waals surface area contributed by atoms with Crippen LogP contribution in [0.2, 0.25) is 0 Å². The number of hydrogen-bond acceptors (Lipinski definition) is 2. The van der Waals surface area contributed by atoms with Gasteiger partial charge < -0.3 is 10.4 Å². The SMILES string of the molecule is Cc1ccc(C=CC(=O)N[C@H](C)CO)cc1. The zero-order valence-electron chi connectivity index (χ0n) is 9.60. The van der Waals surface area contributed by atoms with E-state index in [1.54, 1.807) is 13.0 Å². The van der Waals surface area contributed by atoms with Crippen molar-refractivity contribution in [3.8, 4) is 0 Å². The van der Waals surface area contributed by atoms with Crippen LogP contribution in [0.25, 0.3) is 6.08 Å². The molecule has 0 radical (unpaired) electrons. The van der Waals surface area contributed by atoms with E-state index in [0.717, 1.165) is 5.56 Å². The number of hydrogen-bond donors (Lipinski definition) is 2.